The Morgan fingerprint density at radius 3 is 2.61 bits per heavy atom. The molecule has 15 heteroatoms. The summed E-state index contributed by atoms with van der Waals surface area (Å²) >= 11 is 1.52. The summed E-state index contributed by atoms with van der Waals surface area (Å²) in [6.07, 6.45) is 7.15. The molecule has 0 saturated carbocycles. The van der Waals surface area contributed by atoms with Crippen molar-refractivity contribution in [3.8, 4) is 0 Å². The van der Waals surface area contributed by atoms with Crippen LogP contribution in [0.15, 0.2) is 12.7 Å². The van der Waals surface area contributed by atoms with E-state index in [0.717, 1.165) is 25.7 Å². The zero-order chi connectivity index (χ0) is 29.6. The summed E-state index contributed by atoms with van der Waals surface area (Å²) in [6.45, 7) is 0.718. The average molecular weight is 596 g/mol. The number of aliphatic carboxylic acids is 1. The number of carboxylic acid groups (broad SMARTS) is 1. The molecule has 1 fully saturated rings. The molecule has 0 unspecified atom stereocenters. The Bertz CT molecular complexity index is 1130. The number of anilines is 1. The van der Waals surface area contributed by atoms with Gasteiger partial charge in [0.2, 0.25) is 11.8 Å². The molecule has 0 aliphatic carbocycles. The number of fused-ring (bicyclic) bond motifs is 1. The highest BCUT2D eigenvalue weighted by molar-refractivity contribution is 7.99. The third-order valence-electron chi connectivity index (χ3n) is 6.72. The number of nitrogens with one attached hydrogen (secondary N) is 2. The number of hydrogen-bond donors (Lipinski definition) is 6. The second kappa shape index (κ2) is 17.2. The van der Waals surface area contributed by atoms with E-state index in [-0.39, 0.29) is 30.3 Å². The van der Waals surface area contributed by atoms with Crippen molar-refractivity contribution in [1.82, 2.24) is 24.8 Å². The molecular weight excluding hydrogens is 554 g/mol. The molecule has 1 saturated heterocycles. The standard InChI is InChI=1S/C26H41N7O7S/c27-18(26(38)39)9-12-41-14-17-13-19(35)25(40-17)33-16-31-22-23(29-15-30-24(22)33)32-21(37)8-3-1-5-10-28-20(36)7-4-2-6-11-34/h15-19,25,34-35H,1-14,27H2,(H,28,36)(H,38,39)(H,29,30,32,37)/t17-,18-,19+,25+/m0/s1. The molecule has 41 heavy (non-hydrogen) atoms. The normalized spacial score (nSPS) is 19.3. The van der Waals surface area contributed by atoms with Gasteiger partial charge >= 0.3 is 5.97 Å². The van der Waals surface area contributed by atoms with Crippen LogP contribution in [0.3, 0.4) is 0 Å². The fraction of sp³-hybridized carbons (Fsp3) is 0.692. The van der Waals surface area contributed by atoms with Crippen LogP contribution >= 0.6 is 11.8 Å². The van der Waals surface area contributed by atoms with Gasteiger partial charge in [0.25, 0.3) is 0 Å². The molecule has 1 aliphatic heterocycles. The largest absolute Gasteiger partial charge is 0.480 e. The minimum absolute atomic E-state index is 0.0102. The van der Waals surface area contributed by atoms with Gasteiger partial charge < -0.3 is 36.4 Å². The lowest BCUT2D eigenvalue weighted by Gasteiger charge is -2.17. The molecule has 3 rings (SSSR count). The summed E-state index contributed by atoms with van der Waals surface area (Å²) in [5, 5.41) is 34.0. The Morgan fingerprint density at radius 1 is 1.10 bits per heavy atom. The maximum absolute atomic E-state index is 12.5. The smallest absolute Gasteiger partial charge is 0.320 e. The number of unbranched alkanes of at least 4 members (excludes halogenated alkanes) is 4. The number of imidazole rings is 1. The van der Waals surface area contributed by atoms with Crippen molar-refractivity contribution in [3.63, 3.8) is 0 Å². The van der Waals surface area contributed by atoms with Gasteiger partial charge in [-0.25, -0.2) is 15.0 Å². The molecule has 0 bridgehead atoms. The van der Waals surface area contributed by atoms with E-state index in [0.29, 0.717) is 67.7 Å². The molecule has 2 aromatic heterocycles. The van der Waals surface area contributed by atoms with E-state index >= 15 is 0 Å². The van der Waals surface area contributed by atoms with Crippen LogP contribution in [0.1, 0.15) is 70.4 Å². The molecule has 2 aromatic rings. The van der Waals surface area contributed by atoms with Crippen molar-refractivity contribution < 1.29 is 34.4 Å². The molecular formula is C26H41N7O7S. The Kier molecular flexibility index (Phi) is 13.7. The summed E-state index contributed by atoms with van der Waals surface area (Å²) in [7, 11) is 0. The van der Waals surface area contributed by atoms with Gasteiger partial charge in [0, 0.05) is 38.2 Å². The Hall–Kier alpha value is -2.85. The second-order valence-corrected chi connectivity index (χ2v) is 11.2. The maximum atomic E-state index is 12.5. The Balaban J connectivity index is 1.41. The van der Waals surface area contributed by atoms with Crippen LogP contribution in [0.25, 0.3) is 11.2 Å². The fourth-order valence-corrected chi connectivity index (χ4v) is 5.50. The van der Waals surface area contributed by atoms with Crippen molar-refractivity contribution >= 4 is 46.5 Å². The van der Waals surface area contributed by atoms with Gasteiger partial charge in [-0.2, -0.15) is 11.8 Å². The van der Waals surface area contributed by atoms with Crippen LogP contribution in [0, 0.1) is 0 Å². The first-order chi connectivity index (χ1) is 19.8. The molecule has 7 N–H and O–H groups in total. The SMILES string of the molecule is N[C@@H](CCSC[C@@H]1C[C@@H](O)[C@H](n2cnc3c(NC(=O)CCCCCNC(=O)CCCCCO)ncnc32)O1)C(=O)O. The molecule has 228 valence electrons. The van der Waals surface area contributed by atoms with E-state index < -0.39 is 24.3 Å². The van der Waals surface area contributed by atoms with E-state index in [1.807, 2.05) is 0 Å². The number of aromatic nitrogens is 4. The topological polar surface area (TPSA) is 215 Å². The van der Waals surface area contributed by atoms with Crippen LogP contribution < -0.4 is 16.4 Å². The lowest BCUT2D eigenvalue weighted by molar-refractivity contribution is -0.138. The van der Waals surface area contributed by atoms with Gasteiger partial charge in [0.15, 0.2) is 23.2 Å². The summed E-state index contributed by atoms with van der Waals surface area (Å²) < 4.78 is 7.68. The van der Waals surface area contributed by atoms with Crippen LogP contribution in [0.2, 0.25) is 0 Å². The van der Waals surface area contributed by atoms with E-state index in [1.54, 1.807) is 4.57 Å². The predicted octanol–water partition coefficient (Wildman–Crippen LogP) is 1.18. The summed E-state index contributed by atoms with van der Waals surface area (Å²) in [6, 6.07) is -0.893. The lowest BCUT2D eigenvalue weighted by Crippen LogP contribution is -2.30. The zero-order valence-electron chi connectivity index (χ0n) is 23.1. The number of ether oxygens (including phenoxy) is 1. The third-order valence-corrected chi connectivity index (χ3v) is 7.85. The van der Waals surface area contributed by atoms with Crippen LogP contribution in [0.5, 0.6) is 0 Å². The minimum atomic E-state index is -1.03. The number of carbonyl (C=O) groups is 3. The number of thioether (sulfide) groups is 1. The molecule has 14 nitrogen and oxygen atoms in total. The Labute approximate surface area is 242 Å². The fourth-order valence-electron chi connectivity index (χ4n) is 4.44. The number of carbonyl (C=O) groups excluding carboxylic acids is 2. The van der Waals surface area contributed by atoms with Gasteiger partial charge in [0.05, 0.1) is 12.4 Å². The summed E-state index contributed by atoms with van der Waals surface area (Å²) in [5.41, 5.74) is 6.34. The Morgan fingerprint density at radius 2 is 1.85 bits per heavy atom. The molecule has 3 heterocycles. The number of aliphatic hydroxyl groups is 2. The highest BCUT2D eigenvalue weighted by Gasteiger charge is 2.36. The number of amides is 2. The quantitative estimate of drug-likeness (QED) is 0.126. The minimum Gasteiger partial charge on any atom is -0.480 e. The van der Waals surface area contributed by atoms with E-state index in [2.05, 4.69) is 25.6 Å². The third kappa shape index (κ3) is 10.5. The highest BCUT2D eigenvalue weighted by Crippen LogP contribution is 2.33. The van der Waals surface area contributed by atoms with Gasteiger partial charge in [-0.05, 0) is 37.9 Å². The van der Waals surface area contributed by atoms with Crippen LogP contribution in [0.4, 0.5) is 5.82 Å². The first-order valence-corrected chi connectivity index (χ1v) is 15.2. The molecule has 0 radical (unpaired) electrons. The van der Waals surface area contributed by atoms with Gasteiger partial charge in [0.1, 0.15) is 18.5 Å². The predicted molar refractivity (Wildman–Crippen MR) is 153 cm³/mol. The number of nitrogens with two attached hydrogens (primary N) is 1. The first-order valence-electron chi connectivity index (χ1n) is 14.0. The summed E-state index contributed by atoms with van der Waals surface area (Å²) in [4.78, 5) is 48.0. The van der Waals surface area contributed by atoms with E-state index in [9.17, 15) is 19.5 Å². The number of hydrogen-bond acceptors (Lipinski definition) is 11. The molecule has 0 spiro atoms. The zero-order valence-corrected chi connectivity index (χ0v) is 23.9. The first kappa shape index (κ1) is 32.7. The number of rotatable bonds is 19. The van der Waals surface area contributed by atoms with Gasteiger partial charge in [-0.3, -0.25) is 19.0 Å². The molecule has 1 aliphatic rings. The number of carboxylic acids is 1. The molecule has 0 aromatic carbocycles. The van der Waals surface area contributed by atoms with Crippen molar-refractivity contribution in [1.29, 1.82) is 0 Å². The van der Waals surface area contributed by atoms with E-state index in [1.165, 1.54) is 24.4 Å². The molecule has 4 atom stereocenters. The van der Waals surface area contributed by atoms with Crippen molar-refractivity contribution in [3.05, 3.63) is 12.7 Å². The average Bonchev–Trinajstić information content (AvgIpc) is 3.54. The van der Waals surface area contributed by atoms with Gasteiger partial charge in [-0.1, -0.05) is 12.8 Å². The highest BCUT2D eigenvalue weighted by atomic mass is 32.2. The number of nitrogens with zero attached hydrogens (tertiary/aromatic N) is 4. The van der Waals surface area contributed by atoms with Crippen molar-refractivity contribution in [2.24, 2.45) is 5.73 Å². The monoisotopic (exact) mass is 595 g/mol. The van der Waals surface area contributed by atoms with E-state index in [4.69, 9.17) is 20.7 Å². The number of aliphatic hydroxyl groups excluding tert-OH is 2. The van der Waals surface area contributed by atoms with Gasteiger partial charge in [-0.15, -0.1) is 0 Å². The molecule has 2 amide bonds. The second-order valence-electron chi connectivity index (χ2n) is 10.0. The maximum Gasteiger partial charge on any atom is 0.320 e. The van der Waals surface area contributed by atoms with Crippen molar-refractivity contribution in [2.75, 3.05) is 30.0 Å². The summed E-state index contributed by atoms with van der Waals surface area (Å²) in [5.74, 6) is 0.215. The lowest BCUT2D eigenvalue weighted by atomic mass is 10.1. The van der Waals surface area contributed by atoms with Crippen LogP contribution in [-0.4, -0.2) is 95.5 Å². The van der Waals surface area contributed by atoms with Crippen molar-refractivity contribution in [2.45, 2.75) is 88.7 Å². The van der Waals surface area contributed by atoms with Crippen LogP contribution in [-0.2, 0) is 19.1 Å².